The van der Waals surface area contributed by atoms with Crippen molar-refractivity contribution in [3.05, 3.63) is 55.4 Å². The molecule has 0 aliphatic rings. The van der Waals surface area contributed by atoms with Gasteiger partial charge in [0, 0.05) is 15.0 Å². The Morgan fingerprint density at radius 2 is 1.86 bits per heavy atom. The van der Waals surface area contributed by atoms with Gasteiger partial charge in [-0.05, 0) is 56.1 Å². The van der Waals surface area contributed by atoms with Crippen LogP contribution in [0, 0.1) is 5.82 Å². The van der Waals surface area contributed by atoms with Crippen molar-refractivity contribution in [1.29, 1.82) is 0 Å². The van der Waals surface area contributed by atoms with E-state index in [9.17, 15) is 4.39 Å². The molecule has 0 aliphatic heterocycles. The van der Waals surface area contributed by atoms with Crippen LogP contribution in [0.4, 0.5) is 4.39 Å². The SMILES string of the molecule is Fc1cc2nc(CCl)n(-c3cc(Br)ccc3Br)c2cc1Br. The minimum absolute atomic E-state index is 0.229. The van der Waals surface area contributed by atoms with Crippen molar-refractivity contribution in [2.24, 2.45) is 0 Å². The summed E-state index contributed by atoms with van der Waals surface area (Å²) in [4.78, 5) is 4.41. The fourth-order valence-corrected chi connectivity index (χ4v) is 3.42. The molecule has 3 aromatic rings. The molecule has 0 atom stereocenters. The molecular formula is C14H7Br3ClFN2. The summed E-state index contributed by atoms with van der Waals surface area (Å²) in [5.74, 6) is 0.539. The third-order valence-corrected chi connectivity index (χ3v) is 5.05. The lowest BCUT2D eigenvalue weighted by Gasteiger charge is -2.11. The van der Waals surface area contributed by atoms with Gasteiger partial charge in [-0.15, -0.1) is 11.6 Å². The molecule has 0 aliphatic carbocycles. The van der Waals surface area contributed by atoms with E-state index < -0.39 is 0 Å². The van der Waals surface area contributed by atoms with E-state index in [0.29, 0.717) is 15.8 Å². The van der Waals surface area contributed by atoms with Crippen molar-refractivity contribution < 1.29 is 4.39 Å². The second kappa shape index (κ2) is 5.99. The number of benzene rings is 2. The molecule has 0 amide bonds. The maximum atomic E-state index is 13.7. The number of rotatable bonds is 2. The van der Waals surface area contributed by atoms with Crippen LogP contribution in [0.15, 0.2) is 43.7 Å². The average Bonchev–Trinajstić information content (AvgIpc) is 2.79. The van der Waals surface area contributed by atoms with E-state index in [2.05, 4.69) is 52.8 Å². The van der Waals surface area contributed by atoms with Crippen LogP contribution in [0.3, 0.4) is 0 Å². The number of aromatic nitrogens is 2. The molecule has 2 aromatic carbocycles. The van der Waals surface area contributed by atoms with Crippen molar-refractivity contribution >= 4 is 70.4 Å². The van der Waals surface area contributed by atoms with Crippen LogP contribution in [-0.4, -0.2) is 9.55 Å². The average molecular weight is 497 g/mol. The highest BCUT2D eigenvalue weighted by Crippen LogP contribution is 2.32. The van der Waals surface area contributed by atoms with E-state index in [-0.39, 0.29) is 11.7 Å². The lowest BCUT2D eigenvalue weighted by molar-refractivity contribution is 0.623. The van der Waals surface area contributed by atoms with Gasteiger partial charge in [0.2, 0.25) is 0 Å². The zero-order chi connectivity index (χ0) is 15.1. The molecule has 0 bridgehead atoms. The first-order valence-corrected chi connectivity index (χ1v) is 8.80. The van der Waals surface area contributed by atoms with Crippen molar-refractivity contribution in [1.82, 2.24) is 9.55 Å². The molecule has 0 spiro atoms. The third-order valence-electron chi connectivity index (χ3n) is 3.03. The summed E-state index contributed by atoms with van der Waals surface area (Å²) in [5.41, 5.74) is 2.25. The van der Waals surface area contributed by atoms with Crippen LogP contribution in [-0.2, 0) is 5.88 Å². The molecule has 108 valence electrons. The normalized spacial score (nSPS) is 11.3. The highest BCUT2D eigenvalue weighted by atomic mass is 79.9. The zero-order valence-corrected chi connectivity index (χ0v) is 15.9. The molecule has 21 heavy (non-hydrogen) atoms. The largest absolute Gasteiger partial charge is 0.294 e. The second-order valence-corrected chi connectivity index (χ2v) is 7.24. The summed E-state index contributed by atoms with van der Waals surface area (Å²) >= 11 is 16.2. The Hall–Kier alpha value is -0.430. The first-order valence-electron chi connectivity index (χ1n) is 5.89. The van der Waals surface area contributed by atoms with E-state index in [1.165, 1.54) is 6.07 Å². The van der Waals surface area contributed by atoms with Crippen molar-refractivity contribution in [3.8, 4) is 5.69 Å². The van der Waals surface area contributed by atoms with Gasteiger partial charge in [0.15, 0.2) is 0 Å². The minimum atomic E-state index is -0.346. The Bertz CT molecular complexity index is 848. The van der Waals surface area contributed by atoms with Gasteiger partial charge < -0.3 is 0 Å². The molecule has 0 N–H and O–H groups in total. The smallest absolute Gasteiger partial charge is 0.139 e. The van der Waals surface area contributed by atoms with E-state index in [1.54, 1.807) is 6.07 Å². The summed E-state index contributed by atoms with van der Waals surface area (Å²) in [6.07, 6.45) is 0. The highest BCUT2D eigenvalue weighted by Gasteiger charge is 2.16. The van der Waals surface area contributed by atoms with Crippen molar-refractivity contribution in [2.45, 2.75) is 5.88 Å². The molecular weight excluding hydrogens is 490 g/mol. The molecule has 3 rings (SSSR count). The number of hydrogen-bond acceptors (Lipinski definition) is 1. The first-order chi connectivity index (χ1) is 10.0. The van der Waals surface area contributed by atoms with E-state index >= 15 is 0 Å². The van der Waals surface area contributed by atoms with Crippen LogP contribution in [0.5, 0.6) is 0 Å². The molecule has 1 heterocycles. The fourth-order valence-electron chi connectivity index (χ4n) is 2.14. The molecule has 0 unspecified atom stereocenters. The lowest BCUT2D eigenvalue weighted by Crippen LogP contribution is -2.00. The molecule has 0 saturated carbocycles. The van der Waals surface area contributed by atoms with Gasteiger partial charge >= 0.3 is 0 Å². The molecule has 7 heteroatoms. The highest BCUT2D eigenvalue weighted by molar-refractivity contribution is 9.11. The topological polar surface area (TPSA) is 17.8 Å². The predicted octanol–water partition coefficient (Wildman–Crippen LogP) is 6.19. The summed E-state index contributed by atoms with van der Waals surface area (Å²) in [5, 5.41) is 0. The molecule has 0 fully saturated rings. The number of imidazole rings is 1. The van der Waals surface area contributed by atoms with Crippen molar-refractivity contribution in [3.63, 3.8) is 0 Å². The number of nitrogens with zero attached hydrogens (tertiary/aromatic N) is 2. The summed E-state index contributed by atoms with van der Waals surface area (Å²) < 4.78 is 17.8. The third kappa shape index (κ3) is 2.79. The Morgan fingerprint density at radius 3 is 2.57 bits per heavy atom. The van der Waals surface area contributed by atoms with Gasteiger partial charge in [0.05, 0.1) is 27.1 Å². The van der Waals surface area contributed by atoms with Gasteiger partial charge in [-0.3, -0.25) is 4.57 Å². The van der Waals surface area contributed by atoms with Crippen LogP contribution < -0.4 is 0 Å². The van der Waals surface area contributed by atoms with Crippen molar-refractivity contribution in [2.75, 3.05) is 0 Å². The summed E-state index contributed by atoms with van der Waals surface area (Å²) in [6, 6.07) is 8.93. The van der Waals surface area contributed by atoms with Gasteiger partial charge in [0.25, 0.3) is 0 Å². The van der Waals surface area contributed by atoms with Crippen LogP contribution in [0.25, 0.3) is 16.7 Å². The van der Waals surface area contributed by atoms with Crippen LogP contribution in [0.1, 0.15) is 5.82 Å². The Kier molecular flexibility index (Phi) is 4.41. The standard InChI is InChI=1S/C14H7Br3ClFN2/c15-7-1-2-8(16)12(3-7)21-13-4-9(17)10(19)5-11(13)20-14(21)6-18/h1-5H,6H2. The summed E-state index contributed by atoms with van der Waals surface area (Å²) in [6.45, 7) is 0. The number of fused-ring (bicyclic) bond motifs is 1. The maximum absolute atomic E-state index is 13.7. The Morgan fingerprint density at radius 1 is 1.10 bits per heavy atom. The second-order valence-electron chi connectivity index (χ2n) is 4.35. The Balaban J connectivity index is 2.40. The quantitative estimate of drug-likeness (QED) is 0.386. The monoisotopic (exact) mass is 494 g/mol. The van der Waals surface area contributed by atoms with Crippen LogP contribution in [0.2, 0.25) is 0 Å². The Labute approximate surface area is 150 Å². The number of hydrogen-bond donors (Lipinski definition) is 0. The van der Waals surface area contributed by atoms with Gasteiger partial charge in [-0.2, -0.15) is 0 Å². The molecule has 1 aromatic heterocycles. The van der Waals surface area contributed by atoms with Gasteiger partial charge in [-0.1, -0.05) is 15.9 Å². The maximum Gasteiger partial charge on any atom is 0.139 e. The predicted molar refractivity (Wildman–Crippen MR) is 93.7 cm³/mol. The molecule has 0 saturated heterocycles. The zero-order valence-electron chi connectivity index (χ0n) is 10.4. The summed E-state index contributed by atoms with van der Waals surface area (Å²) in [7, 11) is 0. The number of halogens is 5. The van der Waals surface area contributed by atoms with Crippen LogP contribution >= 0.6 is 59.4 Å². The van der Waals surface area contributed by atoms with E-state index in [4.69, 9.17) is 11.6 Å². The first kappa shape index (κ1) is 15.5. The lowest BCUT2D eigenvalue weighted by atomic mass is 10.2. The van der Waals surface area contributed by atoms with Gasteiger partial charge in [-0.25, -0.2) is 9.37 Å². The molecule has 2 nitrogen and oxygen atoms in total. The van der Waals surface area contributed by atoms with E-state index in [1.807, 2.05) is 22.8 Å². The fraction of sp³-hybridized carbons (Fsp3) is 0.0714. The minimum Gasteiger partial charge on any atom is -0.294 e. The molecule has 0 radical (unpaired) electrons. The van der Waals surface area contributed by atoms with E-state index in [0.717, 1.165) is 20.1 Å². The number of alkyl halides is 1. The van der Waals surface area contributed by atoms with Gasteiger partial charge in [0.1, 0.15) is 11.6 Å².